The van der Waals surface area contributed by atoms with Gasteiger partial charge in [-0.2, -0.15) is 0 Å². The third-order valence-corrected chi connectivity index (χ3v) is 3.87. The summed E-state index contributed by atoms with van der Waals surface area (Å²) in [5.74, 6) is 2.08. The SMILES string of the molecule is COCC1=CCN(Cc2cc(CNC(C)C)oc2C)CC1. The van der Waals surface area contributed by atoms with E-state index in [1.165, 1.54) is 11.1 Å². The van der Waals surface area contributed by atoms with E-state index in [-0.39, 0.29) is 0 Å². The number of ether oxygens (including phenoxy) is 1. The van der Waals surface area contributed by atoms with Gasteiger partial charge in [0.15, 0.2) is 0 Å². The molecule has 0 spiro atoms. The Morgan fingerprint density at radius 1 is 1.43 bits per heavy atom. The highest BCUT2D eigenvalue weighted by molar-refractivity contribution is 5.21. The number of methoxy groups -OCH3 is 1. The van der Waals surface area contributed by atoms with Crippen LogP contribution >= 0.6 is 0 Å². The molecule has 0 aliphatic carbocycles. The second-order valence-corrected chi connectivity index (χ2v) is 6.11. The quantitative estimate of drug-likeness (QED) is 0.784. The van der Waals surface area contributed by atoms with Gasteiger partial charge in [-0.1, -0.05) is 19.9 Å². The van der Waals surface area contributed by atoms with Crippen LogP contribution in [0, 0.1) is 6.92 Å². The maximum absolute atomic E-state index is 5.84. The smallest absolute Gasteiger partial charge is 0.118 e. The molecule has 2 heterocycles. The summed E-state index contributed by atoms with van der Waals surface area (Å²) >= 11 is 0. The number of aryl methyl sites for hydroxylation is 1. The lowest BCUT2D eigenvalue weighted by Gasteiger charge is -2.25. The van der Waals surface area contributed by atoms with Crippen LogP contribution in [0.5, 0.6) is 0 Å². The third-order valence-electron chi connectivity index (χ3n) is 3.87. The van der Waals surface area contributed by atoms with Gasteiger partial charge < -0.3 is 14.5 Å². The topological polar surface area (TPSA) is 37.6 Å². The minimum atomic E-state index is 0.477. The first kappa shape index (κ1) is 16.3. The molecule has 21 heavy (non-hydrogen) atoms. The first-order valence-corrected chi connectivity index (χ1v) is 7.79. The molecular weight excluding hydrogens is 264 g/mol. The van der Waals surface area contributed by atoms with Crippen LogP contribution in [0.3, 0.4) is 0 Å². The minimum Gasteiger partial charge on any atom is -0.465 e. The lowest BCUT2D eigenvalue weighted by Crippen LogP contribution is -2.29. The summed E-state index contributed by atoms with van der Waals surface area (Å²) in [4.78, 5) is 2.46. The lowest BCUT2D eigenvalue weighted by atomic mass is 10.1. The molecule has 0 bridgehead atoms. The molecule has 1 N–H and O–H groups in total. The van der Waals surface area contributed by atoms with E-state index in [0.717, 1.165) is 50.7 Å². The molecule has 1 aliphatic rings. The van der Waals surface area contributed by atoms with E-state index in [1.807, 2.05) is 0 Å². The molecule has 0 aromatic carbocycles. The summed E-state index contributed by atoms with van der Waals surface area (Å²) in [6.07, 6.45) is 3.40. The van der Waals surface area contributed by atoms with Crippen LogP contribution < -0.4 is 5.32 Å². The Hall–Kier alpha value is -1.10. The molecule has 0 saturated heterocycles. The summed E-state index contributed by atoms with van der Waals surface area (Å²) < 4.78 is 11.0. The van der Waals surface area contributed by atoms with Crippen molar-refractivity contribution in [2.24, 2.45) is 0 Å². The maximum atomic E-state index is 5.84. The third kappa shape index (κ3) is 4.99. The number of hydrogen-bond donors (Lipinski definition) is 1. The van der Waals surface area contributed by atoms with E-state index in [4.69, 9.17) is 9.15 Å². The van der Waals surface area contributed by atoms with Crippen molar-refractivity contribution < 1.29 is 9.15 Å². The first-order valence-electron chi connectivity index (χ1n) is 7.79. The van der Waals surface area contributed by atoms with E-state index in [9.17, 15) is 0 Å². The highest BCUT2D eigenvalue weighted by Gasteiger charge is 2.15. The summed E-state index contributed by atoms with van der Waals surface area (Å²) in [5.41, 5.74) is 2.72. The molecule has 2 rings (SSSR count). The molecule has 0 unspecified atom stereocenters. The number of nitrogens with one attached hydrogen (secondary N) is 1. The molecule has 0 radical (unpaired) electrons. The molecule has 0 fully saturated rings. The standard InChI is InChI=1S/C17H28N2O2/c1-13(2)18-10-17-9-16(14(3)21-17)11-19-7-5-15(6-8-19)12-20-4/h5,9,13,18H,6-8,10-12H2,1-4H3. The van der Waals surface area contributed by atoms with Crippen molar-refractivity contribution in [3.05, 3.63) is 34.8 Å². The average Bonchev–Trinajstić information content (AvgIpc) is 2.80. The second kappa shape index (κ2) is 7.78. The molecule has 118 valence electrons. The van der Waals surface area contributed by atoms with Crippen LogP contribution in [0.2, 0.25) is 0 Å². The Balaban J connectivity index is 1.89. The van der Waals surface area contributed by atoms with Crippen molar-refractivity contribution in [2.45, 2.75) is 46.3 Å². The van der Waals surface area contributed by atoms with Crippen molar-refractivity contribution in [3.8, 4) is 0 Å². The monoisotopic (exact) mass is 292 g/mol. The van der Waals surface area contributed by atoms with E-state index < -0.39 is 0 Å². The van der Waals surface area contributed by atoms with Crippen LogP contribution in [0.15, 0.2) is 22.1 Å². The van der Waals surface area contributed by atoms with Crippen LogP contribution in [0.4, 0.5) is 0 Å². The van der Waals surface area contributed by atoms with Crippen LogP contribution in [-0.4, -0.2) is 37.7 Å². The van der Waals surface area contributed by atoms with Gasteiger partial charge in [0, 0.05) is 38.3 Å². The van der Waals surface area contributed by atoms with Crippen LogP contribution in [0.1, 0.15) is 37.4 Å². The number of nitrogens with zero attached hydrogens (tertiary/aromatic N) is 1. The second-order valence-electron chi connectivity index (χ2n) is 6.11. The Kier molecular flexibility index (Phi) is 6.03. The summed E-state index contributed by atoms with van der Waals surface area (Å²) in [5, 5.41) is 3.40. The van der Waals surface area contributed by atoms with Gasteiger partial charge in [0.1, 0.15) is 11.5 Å². The minimum absolute atomic E-state index is 0.477. The zero-order valence-electron chi connectivity index (χ0n) is 13.7. The molecule has 4 heteroatoms. The summed E-state index contributed by atoms with van der Waals surface area (Å²) in [7, 11) is 1.76. The van der Waals surface area contributed by atoms with Gasteiger partial charge in [0.25, 0.3) is 0 Å². The predicted octanol–water partition coefficient (Wildman–Crippen LogP) is 2.86. The maximum Gasteiger partial charge on any atom is 0.118 e. The molecular formula is C17H28N2O2. The largest absolute Gasteiger partial charge is 0.465 e. The van der Waals surface area contributed by atoms with Gasteiger partial charge in [0.05, 0.1) is 13.2 Å². The van der Waals surface area contributed by atoms with Crippen molar-refractivity contribution in [3.63, 3.8) is 0 Å². The number of furan rings is 1. The molecule has 0 atom stereocenters. The Bertz CT molecular complexity index is 477. The van der Waals surface area contributed by atoms with Crippen molar-refractivity contribution >= 4 is 0 Å². The van der Waals surface area contributed by atoms with E-state index in [2.05, 4.69) is 43.1 Å². The number of hydrogen-bond acceptors (Lipinski definition) is 4. The van der Waals surface area contributed by atoms with Gasteiger partial charge >= 0.3 is 0 Å². The Labute approximate surface area is 128 Å². The van der Waals surface area contributed by atoms with Gasteiger partial charge in [-0.3, -0.25) is 4.90 Å². The first-order chi connectivity index (χ1) is 10.1. The van der Waals surface area contributed by atoms with Gasteiger partial charge in [0.2, 0.25) is 0 Å². The lowest BCUT2D eigenvalue weighted by molar-refractivity contribution is 0.210. The summed E-state index contributed by atoms with van der Waals surface area (Å²) in [6.45, 7) is 11.0. The molecule has 0 saturated carbocycles. The average molecular weight is 292 g/mol. The molecule has 1 aromatic heterocycles. The molecule has 1 aromatic rings. The molecule has 0 amide bonds. The highest BCUT2D eigenvalue weighted by Crippen LogP contribution is 2.19. The van der Waals surface area contributed by atoms with Crippen molar-refractivity contribution in [1.82, 2.24) is 10.2 Å². The number of rotatable bonds is 7. The molecule has 4 nitrogen and oxygen atoms in total. The van der Waals surface area contributed by atoms with Crippen molar-refractivity contribution in [1.29, 1.82) is 0 Å². The zero-order chi connectivity index (χ0) is 15.2. The Morgan fingerprint density at radius 2 is 2.24 bits per heavy atom. The van der Waals surface area contributed by atoms with Crippen LogP contribution in [-0.2, 0) is 17.8 Å². The fraction of sp³-hybridized carbons (Fsp3) is 0.647. The van der Waals surface area contributed by atoms with Gasteiger partial charge in [-0.05, 0) is 25.0 Å². The highest BCUT2D eigenvalue weighted by atomic mass is 16.5. The fourth-order valence-corrected chi connectivity index (χ4v) is 2.59. The van der Waals surface area contributed by atoms with Gasteiger partial charge in [-0.15, -0.1) is 0 Å². The fourth-order valence-electron chi connectivity index (χ4n) is 2.59. The Morgan fingerprint density at radius 3 is 2.86 bits per heavy atom. The normalized spacial score (nSPS) is 16.5. The zero-order valence-corrected chi connectivity index (χ0v) is 13.7. The molecule has 1 aliphatic heterocycles. The summed E-state index contributed by atoms with van der Waals surface area (Å²) in [6, 6.07) is 2.67. The predicted molar refractivity (Wildman–Crippen MR) is 85.3 cm³/mol. The van der Waals surface area contributed by atoms with Crippen LogP contribution in [0.25, 0.3) is 0 Å². The van der Waals surface area contributed by atoms with Gasteiger partial charge in [-0.25, -0.2) is 0 Å². The van der Waals surface area contributed by atoms with Crippen molar-refractivity contribution in [2.75, 3.05) is 26.8 Å². The van der Waals surface area contributed by atoms with E-state index >= 15 is 0 Å². The van der Waals surface area contributed by atoms with E-state index in [1.54, 1.807) is 7.11 Å². The van der Waals surface area contributed by atoms with E-state index in [0.29, 0.717) is 6.04 Å².